The van der Waals surface area contributed by atoms with Crippen molar-refractivity contribution in [3.63, 3.8) is 0 Å². The number of aromatic amines is 1. The van der Waals surface area contributed by atoms with E-state index in [-0.39, 0.29) is 47.9 Å². The molecule has 1 aliphatic carbocycles. The number of carbonyl (C=O) groups excluding carboxylic acids is 1. The number of nitrogens with one attached hydrogen (secondary N) is 2. The van der Waals surface area contributed by atoms with Crippen LogP contribution in [-0.4, -0.2) is 28.8 Å². The van der Waals surface area contributed by atoms with Gasteiger partial charge in [-0.1, -0.05) is 48.9 Å². The van der Waals surface area contributed by atoms with Crippen molar-refractivity contribution in [2.75, 3.05) is 6.54 Å². The zero-order chi connectivity index (χ0) is 22.5. The van der Waals surface area contributed by atoms with Gasteiger partial charge in [0, 0.05) is 11.6 Å². The number of allylic oxidation sites excluding steroid dienone is 3. The summed E-state index contributed by atoms with van der Waals surface area (Å²) in [4.78, 5) is 12.6. The molecule has 35 heavy (non-hydrogen) atoms. The number of aromatic nitrogens is 2. The Bertz CT molecular complexity index is 1140. The fourth-order valence-corrected chi connectivity index (χ4v) is 4.06. The maximum absolute atomic E-state index is 12.6. The van der Waals surface area contributed by atoms with E-state index in [0.717, 1.165) is 23.3 Å². The number of benzene rings is 2. The van der Waals surface area contributed by atoms with Gasteiger partial charge >= 0.3 is 19.8 Å². The number of hydrogen-bond acceptors (Lipinski definition) is 3. The summed E-state index contributed by atoms with van der Waals surface area (Å²) in [5, 5.41) is 10.5. The van der Waals surface area contributed by atoms with Crippen LogP contribution in [0.3, 0.4) is 0 Å². The van der Waals surface area contributed by atoms with Crippen molar-refractivity contribution in [2.45, 2.75) is 33.3 Å². The predicted molar refractivity (Wildman–Crippen MR) is 143 cm³/mol. The van der Waals surface area contributed by atoms with Gasteiger partial charge in [0.2, 0.25) is 5.88 Å². The van der Waals surface area contributed by atoms with Crippen molar-refractivity contribution in [3.05, 3.63) is 101 Å². The third kappa shape index (κ3) is 7.71. The smallest absolute Gasteiger partial charge is 0.693 e. The molecule has 1 aromatic heterocycles. The fraction of sp³-hybridized carbons (Fsp3) is 0.259. The summed E-state index contributed by atoms with van der Waals surface area (Å²) in [6.45, 7) is 6.70. The Morgan fingerprint density at radius 2 is 2.00 bits per heavy atom. The van der Waals surface area contributed by atoms with E-state index in [1.54, 1.807) is 24.3 Å². The maximum Gasteiger partial charge on any atom is 2.00 e. The van der Waals surface area contributed by atoms with Crippen molar-refractivity contribution in [3.8, 4) is 17.1 Å². The average Bonchev–Trinajstić information content (AvgIpc) is 3.25. The third-order valence-electron chi connectivity index (χ3n) is 5.71. The molecular weight excluding hydrogens is 634 g/mol. The van der Waals surface area contributed by atoms with Crippen molar-refractivity contribution in [2.24, 2.45) is 5.92 Å². The van der Waals surface area contributed by atoms with Crippen LogP contribution in [0.2, 0.25) is 0 Å². The van der Waals surface area contributed by atoms with E-state index in [1.807, 2.05) is 6.07 Å². The van der Waals surface area contributed by atoms with Gasteiger partial charge in [0.1, 0.15) is 6.10 Å². The number of ether oxygens (including phenoxy) is 1. The molecule has 186 valence electrons. The third-order valence-corrected chi connectivity index (χ3v) is 5.71. The predicted octanol–water partition coefficient (Wildman–Crippen LogP) is 5.97. The van der Waals surface area contributed by atoms with Gasteiger partial charge in [-0.25, -0.2) is 0 Å². The quantitative estimate of drug-likeness (QED) is 0.240. The summed E-state index contributed by atoms with van der Waals surface area (Å²) in [5.41, 5.74) is 6.12. The van der Waals surface area contributed by atoms with Crippen LogP contribution in [0.5, 0.6) is 5.88 Å². The molecule has 0 aliphatic heterocycles. The van der Waals surface area contributed by atoms with Crippen LogP contribution in [0, 0.1) is 25.8 Å². The summed E-state index contributed by atoms with van der Waals surface area (Å²) in [7, 11) is 0. The normalized spacial score (nSPS) is 14.9. The summed E-state index contributed by atoms with van der Waals surface area (Å²) in [6, 6.07) is 18.1. The molecule has 3 unspecified atom stereocenters. The van der Waals surface area contributed by atoms with E-state index < -0.39 is 0 Å². The first-order valence-corrected chi connectivity index (χ1v) is 10.9. The van der Waals surface area contributed by atoms with Crippen LogP contribution in [0.25, 0.3) is 17.4 Å². The molecule has 4 rings (SSSR count). The second-order valence-corrected chi connectivity index (χ2v) is 8.30. The number of nitrogens with zero attached hydrogens (tertiary/aromatic N) is 1. The topological polar surface area (TPSA) is 101 Å². The monoisotopic (exact) mass is 668 g/mol. The van der Waals surface area contributed by atoms with Crippen LogP contribution in [0.4, 0.5) is 0 Å². The molecule has 3 atom stereocenters. The van der Waals surface area contributed by atoms with Crippen molar-refractivity contribution in [1.82, 2.24) is 15.5 Å². The first-order chi connectivity index (χ1) is 15.5. The molecule has 0 bridgehead atoms. The van der Waals surface area contributed by atoms with Crippen molar-refractivity contribution in [1.29, 1.82) is 0 Å². The largest absolute Gasteiger partial charge is 2.00 e. The number of hydrogen-bond donors (Lipinski definition) is 2. The van der Waals surface area contributed by atoms with Gasteiger partial charge in [-0.3, -0.25) is 9.89 Å². The second-order valence-electron chi connectivity index (χ2n) is 8.30. The number of nitrogens with two attached hydrogens (primary N) is 1. The first kappa shape index (κ1) is 30.5. The Labute approximate surface area is 224 Å². The minimum Gasteiger partial charge on any atom is -0.693 e. The molecule has 0 saturated heterocycles. The molecule has 1 amide bonds. The number of H-pyrrole nitrogens is 1. The van der Waals surface area contributed by atoms with Gasteiger partial charge in [-0.2, -0.15) is 40.2 Å². The van der Waals surface area contributed by atoms with Crippen LogP contribution >= 0.6 is 9.90 Å². The van der Waals surface area contributed by atoms with Crippen molar-refractivity contribution >= 4 is 15.8 Å². The number of carbonyl (C=O) groups is 1. The first-order valence-electron chi connectivity index (χ1n) is 10.9. The number of aryl methyl sites for hydroxylation is 2. The minimum atomic E-state index is -0.312. The fourth-order valence-electron chi connectivity index (χ4n) is 4.06. The van der Waals surface area contributed by atoms with E-state index in [0.29, 0.717) is 23.9 Å². The molecule has 4 N–H and O–H groups in total. The van der Waals surface area contributed by atoms with E-state index in [2.05, 4.69) is 78.8 Å². The molecule has 0 radical (unpaired) electrons. The van der Waals surface area contributed by atoms with Gasteiger partial charge in [0.05, 0.1) is 12.2 Å². The number of rotatable bonds is 7. The van der Waals surface area contributed by atoms with Crippen LogP contribution in [0.1, 0.15) is 34.8 Å². The molecule has 0 fully saturated rings. The summed E-state index contributed by atoms with van der Waals surface area (Å²) in [5.74, 6) is 0.789. The maximum atomic E-state index is 12.6. The molecule has 3 aromatic rings. The van der Waals surface area contributed by atoms with Crippen molar-refractivity contribution < 1.29 is 29.3 Å². The standard InChI is InChI=1S/C27H28N3O2.H2N.Os.H3P/c1-18-9-7-14-22(15-18)24(17-28-27(31)21-12-5-4-6-13-21)32-25-16-23(29-30-25)26-19(2)10-8-11-20(26)3;;;/h4-5,7-14,16,18,24H,15,17H2,1-3H3,(H,28,31)(H,29,30);1H2;;1H3/q2*-1;+2;. The summed E-state index contributed by atoms with van der Waals surface area (Å²) in [6.07, 6.45) is 6.87. The Morgan fingerprint density at radius 3 is 2.66 bits per heavy atom. The van der Waals surface area contributed by atoms with Gasteiger partial charge in [-0.15, -0.1) is 5.10 Å². The van der Waals surface area contributed by atoms with Crippen LogP contribution < -0.4 is 10.1 Å². The summed E-state index contributed by atoms with van der Waals surface area (Å²) >= 11 is 0. The molecule has 0 saturated carbocycles. The van der Waals surface area contributed by atoms with Gasteiger partial charge in [0.15, 0.2) is 5.91 Å². The Balaban J connectivity index is 0.00000204. The van der Waals surface area contributed by atoms with Gasteiger partial charge in [-0.05, 0) is 42.9 Å². The molecule has 1 heterocycles. The second kappa shape index (κ2) is 14.1. The van der Waals surface area contributed by atoms with Gasteiger partial charge < -0.3 is 16.2 Å². The Hall–Kier alpha value is -2.57. The SMILES string of the molecule is Cc1cccc(C)c1-c1cc(OC(CNC(=O)c2c[c-]ccc2)C2=CC=CC(C)C2)n[nH]1.P.[NH2-].[Os+2]. The Morgan fingerprint density at radius 1 is 1.26 bits per heavy atom. The van der Waals surface area contributed by atoms with E-state index in [9.17, 15) is 4.79 Å². The zero-order valence-electron chi connectivity index (χ0n) is 20.3. The molecule has 0 spiro atoms. The molecule has 1 aliphatic rings. The molecule has 8 heteroatoms. The van der Waals surface area contributed by atoms with E-state index in [1.165, 1.54) is 11.1 Å². The molecule has 2 aromatic carbocycles. The van der Waals surface area contributed by atoms with Crippen LogP contribution in [-0.2, 0) is 19.8 Å². The summed E-state index contributed by atoms with van der Waals surface area (Å²) < 4.78 is 6.30. The molecule has 6 nitrogen and oxygen atoms in total. The van der Waals surface area contributed by atoms with Crippen LogP contribution in [0.15, 0.2) is 72.3 Å². The van der Waals surface area contributed by atoms with Gasteiger partial charge in [0.25, 0.3) is 0 Å². The average molecular weight is 667 g/mol. The zero-order valence-corrected chi connectivity index (χ0v) is 24.3. The molecular formula is C27H33N4O2OsP. The van der Waals surface area contributed by atoms with E-state index >= 15 is 0 Å². The Kier molecular flexibility index (Phi) is 12.3. The van der Waals surface area contributed by atoms with E-state index in [4.69, 9.17) is 4.74 Å². The number of amides is 1. The minimum absolute atomic E-state index is 0.